The molecule has 0 radical (unpaired) electrons. The Morgan fingerprint density at radius 1 is 1.41 bits per heavy atom. The second-order valence-electron chi connectivity index (χ2n) is 4.34. The van der Waals surface area contributed by atoms with Crippen LogP contribution < -0.4 is 11.5 Å². The second-order valence-corrected chi connectivity index (χ2v) is 5.44. The van der Waals surface area contributed by atoms with Gasteiger partial charge >= 0.3 is 0 Å². The molecule has 7 heteroatoms. The smallest absolute Gasteiger partial charge is 0.231 e. The van der Waals surface area contributed by atoms with Gasteiger partial charge in [0.15, 0.2) is 0 Å². The molecule has 1 aliphatic rings. The van der Waals surface area contributed by atoms with Gasteiger partial charge in [-0.25, -0.2) is 0 Å². The van der Waals surface area contributed by atoms with Gasteiger partial charge in [0, 0.05) is 6.04 Å². The van der Waals surface area contributed by atoms with Gasteiger partial charge in [-0.1, -0.05) is 24.2 Å². The average molecular weight is 255 g/mol. The van der Waals surface area contributed by atoms with Gasteiger partial charge in [0.25, 0.3) is 0 Å². The Labute approximate surface area is 104 Å². The van der Waals surface area contributed by atoms with E-state index >= 15 is 0 Å². The number of anilines is 1. The van der Waals surface area contributed by atoms with Gasteiger partial charge in [0.05, 0.1) is 13.1 Å². The van der Waals surface area contributed by atoms with Gasteiger partial charge in [-0.2, -0.15) is 0 Å². The number of nitrogens with two attached hydrogens (primary N) is 2. The maximum Gasteiger partial charge on any atom is 0.231 e. The van der Waals surface area contributed by atoms with Crippen LogP contribution >= 0.6 is 11.3 Å². The minimum absolute atomic E-state index is 0.282. The maximum absolute atomic E-state index is 11.1. The molecule has 0 aromatic carbocycles. The van der Waals surface area contributed by atoms with Gasteiger partial charge < -0.3 is 11.5 Å². The number of primary amides is 1. The van der Waals surface area contributed by atoms with E-state index in [9.17, 15) is 4.79 Å². The lowest BCUT2D eigenvalue weighted by Gasteiger charge is -2.26. The fourth-order valence-corrected chi connectivity index (χ4v) is 2.92. The summed E-state index contributed by atoms with van der Waals surface area (Å²) in [6, 6.07) is 0.438. The first-order valence-corrected chi connectivity index (χ1v) is 6.57. The van der Waals surface area contributed by atoms with Crippen LogP contribution in [0.2, 0.25) is 0 Å². The predicted molar refractivity (Wildman–Crippen MR) is 66.2 cm³/mol. The summed E-state index contributed by atoms with van der Waals surface area (Å²) in [5.41, 5.74) is 10.8. The summed E-state index contributed by atoms with van der Waals surface area (Å²) in [6.45, 7) is 0.895. The SMILES string of the molecule is NC(=O)CN(Cc1nnc(N)s1)C1CCCC1. The molecule has 1 amide bonds. The highest BCUT2D eigenvalue weighted by atomic mass is 32.1. The van der Waals surface area contributed by atoms with Gasteiger partial charge in [-0.3, -0.25) is 9.69 Å². The standard InChI is InChI=1S/C10H17N5OS/c11-8(16)5-15(7-3-1-2-4-7)6-9-13-14-10(12)17-9/h7H,1-6H2,(H2,11,16)(H2,12,14). The molecule has 1 fully saturated rings. The van der Waals surface area contributed by atoms with E-state index in [1.165, 1.54) is 24.2 Å². The number of nitrogens with zero attached hydrogens (tertiary/aromatic N) is 3. The second kappa shape index (κ2) is 5.42. The summed E-state index contributed by atoms with van der Waals surface area (Å²) in [7, 11) is 0. The van der Waals surface area contributed by atoms with E-state index in [-0.39, 0.29) is 12.5 Å². The third-order valence-electron chi connectivity index (χ3n) is 3.02. The number of aromatic nitrogens is 2. The van der Waals surface area contributed by atoms with E-state index in [0.29, 0.717) is 17.7 Å². The highest BCUT2D eigenvalue weighted by Gasteiger charge is 2.24. The normalized spacial score (nSPS) is 16.8. The zero-order valence-electron chi connectivity index (χ0n) is 9.63. The zero-order chi connectivity index (χ0) is 12.3. The molecule has 1 aromatic heterocycles. The van der Waals surface area contributed by atoms with Crippen LogP contribution in [0.4, 0.5) is 5.13 Å². The number of rotatable bonds is 5. The number of carbonyl (C=O) groups is 1. The average Bonchev–Trinajstić information content (AvgIpc) is 2.87. The number of nitrogen functional groups attached to an aromatic ring is 1. The Kier molecular flexibility index (Phi) is 3.90. The van der Waals surface area contributed by atoms with Crippen molar-refractivity contribution in [3.8, 4) is 0 Å². The Morgan fingerprint density at radius 2 is 2.12 bits per heavy atom. The third-order valence-corrected chi connectivity index (χ3v) is 3.76. The molecule has 4 N–H and O–H groups in total. The molecular weight excluding hydrogens is 238 g/mol. The molecule has 1 heterocycles. The van der Waals surface area contributed by atoms with Crippen molar-refractivity contribution in [1.29, 1.82) is 0 Å². The van der Waals surface area contributed by atoms with Crippen LogP contribution in [0.5, 0.6) is 0 Å². The first-order valence-electron chi connectivity index (χ1n) is 5.75. The van der Waals surface area contributed by atoms with Crippen molar-refractivity contribution in [3.05, 3.63) is 5.01 Å². The molecule has 0 aliphatic heterocycles. The Morgan fingerprint density at radius 3 is 2.65 bits per heavy atom. The van der Waals surface area contributed by atoms with Crippen molar-refractivity contribution in [2.75, 3.05) is 12.3 Å². The zero-order valence-corrected chi connectivity index (χ0v) is 10.4. The minimum Gasteiger partial charge on any atom is -0.374 e. The molecule has 1 saturated carbocycles. The lowest BCUT2D eigenvalue weighted by Crippen LogP contribution is -2.39. The van der Waals surface area contributed by atoms with E-state index in [1.54, 1.807) is 0 Å². The molecule has 6 nitrogen and oxygen atoms in total. The van der Waals surface area contributed by atoms with E-state index in [1.807, 2.05) is 0 Å². The van der Waals surface area contributed by atoms with Crippen LogP contribution in [-0.2, 0) is 11.3 Å². The largest absolute Gasteiger partial charge is 0.374 e. The molecule has 0 saturated heterocycles. The van der Waals surface area contributed by atoms with Crippen molar-refractivity contribution in [3.63, 3.8) is 0 Å². The van der Waals surface area contributed by atoms with Crippen molar-refractivity contribution in [2.24, 2.45) is 5.73 Å². The monoisotopic (exact) mass is 255 g/mol. The fourth-order valence-electron chi connectivity index (χ4n) is 2.29. The van der Waals surface area contributed by atoms with Crippen LogP contribution in [0.1, 0.15) is 30.7 Å². The molecule has 0 unspecified atom stereocenters. The molecule has 0 atom stereocenters. The summed E-state index contributed by atoms with van der Waals surface area (Å²) in [5.74, 6) is -0.297. The molecule has 0 bridgehead atoms. The van der Waals surface area contributed by atoms with Crippen molar-refractivity contribution < 1.29 is 4.79 Å². The summed E-state index contributed by atoms with van der Waals surface area (Å²) in [6.07, 6.45) is 4.69. The number of amides is 1. The molecule has 0 spiro atoms. The van der Waals surface area contributed by atoms with Crippen LogP contribution in [-0.4, -0.2) is 33.6 Å². The summed E-state index contributed by atoms with van der Waals surface area (Å²) in [5, 5.41) is 9.07. The third kappa shape index (κ3) is 3.37. The molecule has 1 aromatic rings. The summed E-state index contributed by atoms with van der Waals surface area (Å²) < 4.78 is 0. The topological polar surface area (TPSA) is 98.1 Å². The van der Waals surface area contributed by atoms with E-state index in [4.69, 9.17) is 11.5 Å². The quantitative estimate of drug-likeness (QED) is 0.791. The molecular formula is C10H17N5OS. The number of hydrogen-bond acceptors (Lipinski definition) is 6. The summed E-state index contributed by atoms with van der Waals surface area (Å²) in [4.78, 5) is 13.2. The molecule has 94 valence electrons. The van der Waals surface area contributed by atoms with Gasteiger partial charge in [-0.15, -0.1) is 10.2 Å². The Balaban J connectivity index is 2.01. The highest BCUT2D eigenvalue weighted by molar-refractivity contribution is 7.15. The minimum atomic E-state index is -0.297. The Hall–Kier alpha value is -1.21. The number of carbonyl (C=O) groups excluding carboxylic acids is 1. The van der Waals surface area contributed by atoms with E-state index in [2.05, 4.69) is 15.1 Å². The van der Waals surface area contributed by atoms with Gasteiger partial charge in [0.1, 0.15) is 5.01 Å². The molecule has 1 aliphatic carbocycles. The fraction of sp³-hybridized carbons (Fsp3) is 0.700. The van der Waals surface area contributed by atoms with E-state index < -0.39 is 0 Å². The van der Waals surface area contributed by atoms with Crippen LogP contribution in [0, 0.1) is 0 Å². The molecule has 17 heavy (non-hydrogen) atoms. The number of hydrogen-bond donors (Lipinski definition) is 2. The summed E-state index contributed by atoms with van der Waals surface area (Å²) >= 11 is 1.36. The van der Waals surface area contributed by atoms with Crippen molar-refractivity contribution >= 4 is 22.4 Å². The van der Waals surface area contributed by atoms with Crippen molar-refractivity contribution in [1.82, 2.24) is 15.1 Å². The van der Waals surface area contributed by atoms with E-state index in [0.717, 1.165) is 17.8 Å². The van der Waals surface area contributed by atoms with Gasteiger partial charge in [-0.05, 0) is 12.8 Å². The first-order chi connectivity index (χ1) is 8.15. The molecule has 2 rings (SSSR count). The first kappa shape index (κ1) is 12.3. The van der Waals surface area contributed by atoms with Crippen LogP contribution in [0.25, 0.3) is 0 Å². The maximum atomic E-state index is 11.1. The van der Waals surface area contributed by atoms with Crippen LogP contribution in [0.3, 0.4) is 0 Å². The predicted octanol–water partition coefficient (Wildman–Crippen LogP) is 0.350. The van der Waals surface area contributed by atoms with Gasteiger partial charge in [0.2, 0.25) is 11.0 Å². The highest BCUT2D eigenvalue weighted by Crippen LogP contribution is 2.25. The Bertz CT molecular complexity index is 388. The van der Waals surface area contributed by atoms with Crippen LogP contribution in [0.15, 0.2) is 0 Å². The van der Waals surface area contributed by atoms with Crippen molar-refractivity contribution in [2.45, 2.75) is 38.3 Å². The lowest BCUT2D eigenvalue weighted by molar-refractivity contribution is -0.119. The lowest BCUT2D eigenvalue weighted by atomic mass is 10.2.